The second-order valence-corrected chi connectivity index (χ2v) is 2.92. The summed E-state index contributed by atoms with van der Waals surface area (Å²) < 4.78 is 0. The Balaban J connectivity index is 0.000000461. The van der Waals surface area contributed by atoms with Gasteiger partial charge in [-0.25, -0.2) is 0 Å². The molecule has 0 aliphatic rings. The summed E-state index contributed by atoms with van der Waals surface area (Å²) in [5, 5.41) is 0. The molecule has 2 aromatic rings. The van der Waals surface area contributed by atoms with Crippen molar-refractivity contribution >= 4 is 0 Å². The van der Waals surface area contributed by atoms with Gasteiger partial charge < -0.3 is 4.98 Å². The third-order valence-corrected chi connectivity index (χ3v) is 1.92. The molecule has 0 aliphatic heterocycles. The van der Waals surface area contributed by atoms with Gasteiger partial charge in [-0.1, -0.05) is 44.2 Å². The van der Waals surface area contributed by atoms with Gasteiger partial charge in [0.15, 0.2) is 0 Å². The zero-order valence-corrected chi connectivity index (χ0v) is 9.04. The van der Waals surface area contributed by atoms with Crippen molar-refractivity contribution < 1.29 is 0 Å². The summed E-state index contributed by atoms with van der Waals surface area (Å²) in [6.07, 6.45) is 0. The van der Waals surface area contributed by atoms with E-state index in [4.69, 9.17) is 0 Å². The molecular weight excluding hydrogens is 170 g/mol. The Kier molecular flexibility index (Phi) is 3.99. The molecule has 1 aromatic carbocycles. The quantitative estimate of drug-likeness (QED) is 0.694. The van der Waals surface area contributed by atoms with Gasteiger partial charge in [-0.15, -0.1) is 0 Å². The fourth-order valence-corrected chi connectivity index (χ4v) is 1.29. The van der Waals surface area contributed by atoms with Crippen LogP contribution in [0.25, 0.3) is 11.3 Å². The smallest absolute Gasteiger partial charge is 0.0455 e. The number of aromatic nitrogens is 1. The molecule has 0 aliphatic carbocycles. The van der Waals surface area contributed by atoms with Crippen molar-refractivity contribution in [3.05, 3.63) is 48.2 Å². The minimum absolute atomic E-state index is 1.19. The van der Waals surface area contributed by atoms with E-state index in [0.29, 0.717) is 0 Å². The molecule has 0 spiro atoms. The van der Waals surface area contributed by atoms with E-state index >= 15 is 0 Å². The maximum absolute atomic E-state index is 3.29. The van der Waals surface area contributed by atoms with E-state index in [1.54, 1.807) is 0 Å². The molecule has 1 heteroatoms. The number of hydrogen-bond acceptors (Lipinski definition) is 0. The number of H-pyrrole nitrogens is 1. The first kappa shape index (κ1) is 10.6. The molecule has 1 nitrogen and oxygen atoms in total. The minimum Gasteiger partial charge on any atom is -0.359 e. The van der Waals surface area contributed by atoms with E-state index < -0.39 is 0 Å². The van der Waals surface area contributed by atoms with E-state index in [0.717, 1.165) is 0 Å². The molecule has 74 valence electrons. The minimum atomic E-state index is 1.19. The maximum atomic E-state index is 3.29. The van der Waals surface area contributed by atoms with Gasteiger partial charge in [-0.2, -0.15) is 0 Å². The highest BCUT2D eigenvalue weighted by Gasteiger charge is 1.96. The summed E-state index contributed by atoms with van der Waals surface area (Å²) in [6, 6.07) is 14.5. The van der Waals surface area contributed by atoms with E-state index in [-0.39, 0.29) is 0 Å². The molecule has 0 saturated heterocycles. The van der Waals surface area contributed by atoms with Crippen LogP contribution < -0.4 is 0 Å². The predicted octanol–water partition coefficient (Wildman–Crippen LogP) is 4.02. The molecule has 1 aromatic heterocycles. The molecule has 1 N–H and O–H groups in total. The Hall–Kier alpha value is -1.50. The average Bonchev–Trinajstić information content (AvgIpc) is 2.69. The summed E-state index contributed by atoms with van der Waals surface area (Å²) in [7, 11) is 0. The number of nitrogens with one attached hydrogen (secondary N) is 1. The van der Waals surface area contributed by atoms with Gasteiger partial charge in [0.25, 0.3) is 0 Å². The Bertz CT molecular complexity index is 360. The van der Waals surface area contributed by atoms with E-state index in [2.05, 4.69) is 36.2 Å². The number of hydrogen-bond donors (Lipinski definition) is 1. The van der Waals surface area contributed by atoms with Crippen molar-refractivity contribution in [2.75, 3.05) is 0 Å². The van der Waals surface area contributed by atoms with Crippen LogP contribution in [0.4, 0.5) is 0 Å². The van der Waals surface area contributed by atoms with Crippen molar-refractivity contribution in [1.82, 2.24) is 4.98 Å². The summed E-state index contributed by atoms with van der Waals surface area (Å²) in [5.41, 5.74) is 3.63. The van der Waals surface area contributed by atoms with Gasteiger partial charge in [0.05, 0.1) is 0 Å². The molecule has 0 bridgehead atoms. The van der Waals surface area contributed by atoms with Crippen molar-refractivity contribution in [3.8, 4) is 11.3 Å². The van der Waals surface area contributed by atoms with Crippen LogP contribution in [0.1, 0.15) is 19.5 Å². The fourth-order valence-electron chi connectivity index (χ4n) is 1.29. The standard InChI is InChI=1S/C11H11N.C2H6/c1-9-7-8-11(12-9)10-5-3-2-4-6-10;1-2/h2-8,12H,1H3;1-2H3. The van der Waals surface area contributed by atoms with Crippen molar-refractivity contribution in [2.24, 2.45) is 0 Å². The third kappa shape index (κ3) is 2.49. The fraction of sp³-hybridized carbons (Fsp3) is 0.231. The Morgan fingerprint density at radius 1 is 0.857 bits per heavy atom. The van der Waals surface area contributed by atoms with Crippen LogP contribution in [-0.4, -0.2) is 4.98 Å². The second-order valence-electron chi connectivity index (χ2n) is 2.92. The maximum Gasteiger partial charge on any atom is 0.0455 e. The lowest BCUT2D eigenvalue weighted by atomic mass is 10.2. The molecular formula is C13H17N. The lowest BCUT2D eigenvalue weighted by molar-refractivity contribution is 1.27. The van der Waals surface area contributed by atoms with Crippen molar-refractivity contribution in [1.29, 1.82) is 0 Å². The molecule has 0 saturated carbocycles. The van der Waals surface area contributed by atoms with Crippen LogP contribution in [0, 0.1) is 6.92 Å². The normalized spacial score (nSPS) is 9.07. The topological polar surface area (TPSA) is 15.8 Å². The van der Waals surface area contributed by atoms with Gasteiger partial charge in [0.2, 0.25) is 0 Å². The zero-order valence-electron chi connectivity index (χ0n) is 9.04. The Morgan fingerprint density at radius 3 is 2.00 bits per heavy atom. The summed E-state index contributed by atoms with van der Waals surface area (Å²) >= 11 is 0. The van der Waals surface area contributed by atoms with E-state index in [1.807, 2.05) is 32.0 Å². The lowest BCUT2D eigenvalue weighted by Gasteiger charge is -1.95. The molecule has 14 heavy (non-hydrogen) atoms. The van der Waals surface area contributed by atoms with E-state index in [9.17, 15) is 0 Å². The van der Waals surface area contributed by atoms with Crippen LogP contribution in [0.5, 0.6) is 0 Å². The van der Waals surface area contributed by atoms with Crippen LogP contribution in [0.3, 0.4) is 0 Å². The highest BCUT2D eigenvalue weighted by Crippen LogP contribution is 2.16. The summed E-state index contributed by atoms with van der Waals surface area (Å²) in [4.78, 5) is 3.29. The first-order valence-corrected chi connectivity index (χ1v) is 5.07. The van der Waals surface area contributed by atoms with Crippen LogP contribution in [0.2, 0.25) is 0 Å². The molecule has 0 unspecified atom stereocenters. The van der Waals surface area contributed by atoms with Gasteiger partial charge in [-0.3, -0.25) is 0 Å². The van der Waals surface area contributed by atoms with Gasteiger partial charge in [-0.05, 0) is 24.6 Å². The van der Waals surface area contributed by atoms with Crippen LogP contribution in [-0.2, 0) is 0 Å². The number of aryl methyl sites for hydroxylation is 1. The summed E-state index contributed by atoms with van der Waals surface area (Å²) in [5.74, 6) is 0. The number of aromatic amines is 1. The first-order chi connectivity index (χ1) is 6.86. The van der Waals surface area contributed by atoms with E-state index in [1.165, 1.54) is 17.0 Å². The molecule has 0 radical (unpaired) electrons. The monoisotopic (exact) mass is 187 g/mol. The molecule has 2 rings (SSSR count). The van der Waals surface area contributed by atoms with Gasteiger partial charge in [0.1, 0.15) is 0 Å². The van der Waals surface area contributed by atoms with Crippen LogP contribution >= 0.6 is 0 Å². The Labute approximate surface area is 85.8 Å². The molecule has 0 fully saturated rings. The van der Waals surface area contributed by atoms with Crippen molar-refractivity contribution in [2.45, 2.75) is 20.8 Å². The molecule has 0 atom stereocenters. The third-order valence-electron chi connectivity index (χ3n) is 1.92. The Morgan fingerprint density at radius 2 is 1.50 bits per heavy atom. The molecule has 1 heterocycles. The number of benzene rings is 1. The molecule has 0 amide bonds. The lowest BCUT2D eigenvalue weighted by Crippen LogP contribution is -1.75. The second kappa shape index (κ2) is 5.28. The van der Waals surface area contributed by atoms with Crippen LogP contribution in [0.15, 0.2) is 42.5 Å². The van der Waals surface area contributed by atoms with Gasteiger partial charge in [0, 0.05) is 11.4 Å². The average molecular weight is 187 g/mol. The highest BCUT2D eigenvalue weighted by atomic mass is 14.7. The first-order valence-electron chi connectivity index (χ1n) is 5.07. The zero-order chi connectivity index (χ0) is 10.4. The van der Waals surface area contributed by atoms with Crippen molar-refractivity contribution in [3.63, 3.8) is 0 Å². The highest BCUT2D eigenvalue weighted by molar-refractivity contribution is 5.59. The SMILES string of the molecule is CC.Cc1ccc(-c2ccccc2)[nH]1. The largest absolute Gasteiger partial charge is 0.359 e. The van der Waals surface area contributed by atoms with Gasteiger partial charge >= 0.3 is 0 Å². The predicted molar refractivity (Wildman–Crippen MR) is 62.3 cm³/mol. The number of rotatable bonds is 1. The summed E-state index contributed by atoms with van der Waals surface area (Å²) in [6.45, 7) is 6.06.